The van der Waals surface area contributed by atoms with Crippen LogP contribution in [0, 0.1) is 23.5 Å². The molecular weight excluding hydrogens is 217 g/mol. The molecule has 81 valence electrons. The Morgan fingerprint density at radius 1 is 1.06 bits per heavy atom. The van der Waals surface area contributed by atoms with Crippen LogP contribution >= 0.6 is 0 Å². The van der Waals surface area contributed by atoms with Gasteiger partial charge in [-0.05, 0) is 18.2 Å². The van der Waals surface area contributed by atoms with E-state index in [4.69, 9.17) is 0 Å². The van der Waals surface area contributed by atoms with E-state index in [2.05, 4.69) is 6.07 Å². The molecule has 0 aliphatic carbocycles. The monoisotopic (exact) mass is 223 g/mol. The van der Waals surface area contributed by atoms with E-state index in [-0.39, 0.29) is 11.3 Å². The quantitative estimate of drug-likeness (QED) is 0.786. The number of phenolic OH excluding ortho intramolecular Hbond substituents is 1. The molecule has 0 unspecified atom stereocenters. The number of phenols is 1. The molecule has 4 heteroatoms. The first kappa shape index (κ1) is 10.5. The first-order valence-electron chi connectivity index (χ1n) is 4.43. The van der Waals surface area contributed by atoms with Gasteiger partial charge in [0.1, 0.15) is 23.2 Å². The Bertz CT molecular complexity index is 515. The molecule has 0 atom stereocenters. The molecule has 2 aromatic carbocycles. The fraction of sp³-hybridized carbons (Fsp3) is 0. The van der Waals surface area contributed by atoms with Crippen molar-refractivity contribution in [1.82, 2.24) is 0 Å². The summed E-state index contributed by atoms with van der Waals surface area (Å²) >= 11 is 0. The molecule has 0 amide bonds. The van der Waals surface area contributed by atoms with Gasteiger partial charge >= 0.3 is 0 Å². The van der Waals surface area contributed by atoms with E-state index in [0.29, 0.717) is 12.1 Å². The number of benzene rings is 2. The largest absolute Gasteiger partial charge is 0.507 e. The first-order chi connectivity index (χ1) is 7.59. The SMILES string of the molecule is Oc1c[c]ccc1-c1c(F)cc(F)cc1F. The normalized spacial score (nSPS) is 10.4. The summed E-state index contributed by atoms with van der Waals surface area (Å²) in [6.45, 7) is 0. The average molecular weight is 223 g/mol. The minimum atomic E-state index is -1.06. The maximum atomic E-state index is 13.4. The highest BCUT2D eigenvalue weighted by molar-refractivity contribution is 5.70. The molecule has 0 saturated heterocycles. The van der Waals surface area contributed by atoms with Crippen molar-refractivity contribution in [3.8, 4) is 16.9 Å². The van der Waals surface area contributed by atoms with Gasteiger partial charge in [-0.1, -0.05) is 6.07 Å². The molecule has 1 radical (unpaired) electrons. The molecule has 2 aromatic rings. The molecule has 1 N–H and O–H groups in total. The van der Waals surface area contributed by atoms with E-state index >= 15 is 0 Å². The highest BCUT2D eigenvalue weighted by atomic mass is 19.1. The highest BCUT2D eigenvalue weighted by Gasteiger charge is 2.15. The van der Waals surface area contributed by atoms with Crippen molar-refractivity contribution in [1.29, 1.82) is 0 Å². The molecule has 0 heterocycles. The lowest BCUT2D eigenvalue weighted by molar-refractivity contribution is 0.475. The third kappa shape index (κ3) is 1.74. The van der Waals surface area contributed by atoms with E-state index in [9.17, 15) is 18.3 Å². The Morgan fingerprint density at radius 2 is 1.69 bits per heavy atom. The second-order valence-electron chi connectivity index (χ2n) is 3.19. The summed E-state index contributed by atoms with van der Waals surface area (Å²) in [5, 5.41) is 9.42. The Labute approximate surface area is 89.8 Å². The first-order valence-corrected chi connectivity index (χ1v) is 4.43. The van der Waals surface area contributed by atoms with Crippen molar-refractivity contribution in [2.24, 2.45) is 0 Å². The van der Waals surface area contributed by atoms with Gasteiger partial charge in [-0.25, -0.2) is 13.2 Å². The maximum absolute atomic E-state index is 13.4. The Kier molecular flexibility index (Phi) is 2.56. The summed E-state index contributed by atoms with van der Waals surface area (Å²) in [5.41, 5.74) is -0.485. The lowest BCUT2D eigenvalue weighted by Gasteiger charge is -2.07. The second kappa shape index (κ2) is 3.89. The fourth-order valence-corrected chi connectivity index (χ4v) is 1.43. The van der Waals surface area contributed by atoms with Crippen LogP contribution in [-0.2, 0) is 0 Å². The van der Waals surface area contributed by atoms with Crippen LogP contribution in [0.1, 0.15) is 0 Å². The molecule has 0 bridgehead atoms. The van der Waals surface area contributed by atoms with E-state index in [0.717, 1.165) is 0 Å². The summed E-state index contributed by atoms with van der Waals surface area (Å²) in [4.78, 5) is 0. The maximum Gasteiger partial charge on any atom is 0.137 e. The number of halogens is 3. The van der Waals surface area contributed by atoms with E-state index in [1.165, 1.54) is 18.2 Å². The average Bonchev–Trinajstić information content (AvgIpc) is 2.19. The summed E-state index contributed by atoms with van der Waals surface area (Å²) in [5.74, 6) is -3.43. The zero-order valence-corrected chi connectivity index (χ0v) is 7.97. The lowest BCUT2D eigenvalue weighted by Crippen LogP contribution is -1.92. The van der Waals surface area contributed by atoms with Crippen molar-refractivity contribution in [2.45, 2.75) is 0 Å². The van der Waals surface area contributed by atoms with Crippen LogP contribution in [-0.4, -0.2) is 5.11 Å². The Morgan fingerprint density at radius 3 is 2.25 bits per heavy atom. The van der Waals surface area contributed by atoms with Gasteiger partial charge in [-0.2, -0.15) is 0 Å². The molecule has 0 spiro atoms. The third-order valence-corrected chi connectivity index (χ3v) is 2.12. The molecule has 16 heavy (non-hydrogen) atoms. The standard InChI is InChI=1S/C12H6F3O/c13-7-5-9(14)12(10(15)6-7)8-3-1-2-4-11(8)16/h1,3-6,16H. The van der Waals surface area contributed by atoms with Gasteiger partial charge in [0.2, 0.25) is 0 Å². The molecule has 2 rings (SSSR count). The highest BCUT2D eigenvalue weighted by Crippen LogP contribution is 2.32. The zero-order valence-electron chi connectivity index (χ0n) is 7.97. The molecule has 0 saturated carbocycles. The number of hydrogen-bond acceptors (Lipinski definition) is 1. The minimum absolute atomic E-state index is 0.0336. The molecule has 1 nitrogen and oxygen atoms in total. The summed E-state index contributed by atoms with van der Waals surface area (Å²) in [7, 11) is 0. The van der Waals surface area contributed by atoms with Crippen LogP contribution in [0.4, 0.5) is 13.2 Å². The Balaban J connectivity index is 2.70. The smallest absolute Gasteiger partial charge is 0.137 e. The van der Waals surface area contributed by atoms with Gasteiger partial charge in [-0.15, -0.1) is 0 Å². The van der Waals surface area contributed by atoms with Crippen molar-refractivity contribution in [3.63, 3.8) is 0 Å². The van der Waals surface area contributed by atoms with Gasteiger partial charge in [0.25, 0.3) is 0 Å². The number of aromatic hydroxyl groups is 1. The Hall–Kier alpha value is -1.97. The van der Waals surface area contributed by atoms with Gasteiger partial charge in [0, 0.05) is 17.7 Å². The van der Waals surface area contributed by atoms with Gasteiger partial charge in [-0.3, -0.25) is 0 Å². The van der Waals surface area contributed by atoms with Crippen LogP contribution in [0.25, 0.3) is 11.1 Å². The predicted octanol–water partition coefficient (Wildman–Crippen LogP) is 3.28. The van der Waals surface area contributed by atoms with Crippen LogP contribution < -0.4 is 0 Å². The molecular formula is C12H6F3O. The van der Waals surface area contributed by atoms with Crippen molar-refractivity contribution in [2.75, 3.05) is 0 Å². The van der Waals surface area contributed by atoms with E-state index in [1.54, 1.807) is 0 Å². The van der Waals surface area contributed by atoms with Crippen LogP contribution in [0.5, 0.6) is 5.75 Å². The van der Waals surface area contributed by atoms with Crippen LogP contribution in [0.15, 0.2) is 30.3 Å². The van der Waals surface area contributed by atoms with Crippen LogP contribution in [0.2, 0.25) is 0 Å². The minimum Gasteiger partial charge on any atom is -0.507 e. The third-order valence-electron chi connectivity index (χ3n) is 2.12. The molecule has 0 aromatic heterocycles. The van der Waals surface area contributed by atoms with E-state index < -0.39 is 23.0 Å². The number of rotatable bonds is 1. The van der Waals surface area contributed by atoms with Gasteiger partial charge in [0.15, 0.2) is 0 Å². The van der Waals surface area contributed by atoms with Gasteiger partial charge in [0.05, 0.1) is 5.56 Å². The van der Waals surface area contributed by atoms with E-state index in [1.807, 2.05) is 0 Å². The summed E-state index contributed by atoms with van der Waals surface area (Å²) in [6.07, 6.45) is 0. The van der Waals surface area contributed by atoms with Crippen LogP contribution in [0.3, 0.4) is 0 Å². The summed E-state index contributed by atoms with van der Waals surface area (Å²) < 4.78 is 39.4. The molecule has 0 aliphatic rings. The van der Waals surface area contributed by atoms with Crippen molar-refractivity contribution >= 4 is 0 Å². The van der Waals surface area contributed by atoms with Crippen molar-refractivity contribution < 1.29 is 18.3 Å². The lowest BCUT2D eigenvalue weighted by atomic mass is 10.0. The topological polar surface area (TPSA) is 20.2 Å². The molecule has 0 fully saturated rings. The fourth-order valence-electron chi connectivity index (χ4n) is 1.43. The van der Waals surface area contributed by atoms with Crippen molar-refractivity contribution in [3.05, 3.63) is 53.8 Å². The summed E-state index contributed by atoms with van der Waals surface area (Å²) in [6, 6.07) is 7.56. The van der Waals surface area contributed by atoms with Gasteiger partial charge < -0.3 is 5.11 Å². The second-order valence-corrected chi connectivity index (χ2v) is 3.19. The number of hydrogen-bond donors (Lipinski definition) is 1. The predicted molar refractivity (Wildman–Crippen MR) is 52.3 cm³/mol. The molecule has 0 aliphatic heterocycles. The zero-order chi connectivity index (χ0) is 11.7.